The molecule has 0 heterocycles. The Kier molecular flexibility index (Phi) is 4.65. The molecule has 0 aromatic carbocycles. The van der Waals surface area contributed by atoms with Gasteiger partial charge in [0.05, 0.1) is 5.25 Å². The highest BCUT2D eigenvalue weighted by Gasteiger charge is 2.32. The topological polar surface area (TPSA) is 34.1 Å². The molecule has 0 radical (unpaired) electrons. The third kappa shape index (κ3) is 3.74. The first kappa shape index (κ1) is 13.5. The summed E-state index contributed by atoms with van der Waals surface area (Å²) in [7, 11) is -2.83. The number of halogens is 1. The van der Waals surface area contributed by atoms with Gasteiger partial charge in [-0.25, -0.2) is 8.42 Å². The van der Waals surface area contributed by atoms with Gasteiger partial charge in [0.1, 0.15) is 9.84 Å². The largest absolute Gasteiger partial charge is 0.229 e. The van der Waals surface area contributed by atoms with Crippen molar-refractivity contribution in [2.45, 2.75) is 49.6 Å². The van der Waals surface area contributed by atoms with Crippen molar-refractivity contribution in [3.05, 3.63) is 0 Å². The zero-order valence-corrected chi connectivity index (χ0v) is 12.1. The molecule has 4 atom stereocenters. The standard InChI is InChI=1S/C11H21BrO2S/c1-8(9(2)12)10-5-4-6-11(7-10)15(3,13)14/h8-11H,4-7H2,1-3H3. The quantitative estimate of drug-likeness (QED) is 0.750. The molecule has 1 aliphatic carbocycles. The van der Waals surface area contributed by atoms with Gasteiger partial charge in [-0.15, -0.1) is 0 Å². The second kappa shape index (κ2) is 5.17. The summed E-state index contributed by atoms with van der Waals surface area (Å²) in [4.78, 5) is 0.473. The van der Waals surface area contributed by atoms with E-state index in [0.717, 1.165) is 19.3 Å². The molecule has 1 aliphatic rings. The molecule has 90 valence electrons. The number of hydrogen-bond donors (Lipinski definition) is 0. The Morgan fingerprint density at radius 3 is 2.33 bits per heavy atom. The van der Waals surface area contributed by atoms with E-state index >= 15 is 0 Å². The summed E-state index contributed by atoms with van der Waals surface area (Å²) >= 11 is 3.60. The van der Waals surface area contributed by atoms with Gasteiger partial charge in [-0.3, -0.25) is 0 Å². The van der Waals surface area contributed by atoms with Crippen LogP contribution in [0.15, 0.2) is 0 Å². The maximum Gasteiger partial charge on any atom is 0.150 e. The Labute approximate surface area is 102 Å². The van der Waals surface area contributed by atoms with Gasteiger partial charge in [-0.05, 0) is 24.7 Å². The summed E-state index contributed by atoms with van der Waals surface area (Å²) in [6, 6.07) is 0. The van der Waals surface area contributed by atoms with Gasteiger partial charge >= 0.3 is 0 Å². The minimum atomic E-state index is -2.83. The van der Waals surface area contributed by atoms with E-state index in [4.69, 9.17) is 0 Å². The van der Waals surface area contributed by atoms with Crippen molar-refractivity contribution in [3.63, 3.8) is 0 Å². The van der Waals surface area contributed by atoms with Gasteiger partial charge in [0.25, 0.3) is 0 Å². The Morgan fingerprint density at radius 2 is 1.87 bits per heavy atom. The number of hydrogen-bond acceptors (Lipinski definition) is 2. The Morgan fingerprint density at radius 1 is 1.27 bits per heavy atom. The lowest BCUT2D eigenvalue weighted by molar-refractivity contribution is 0.266. The van der Waals surface area contributed by atoms with Crippen molar-refractivity contribution in [2.75, 3.05) is 6.26 Å². The number of alkyl halides is 1. The third-order valence-electron chi connectivity index (χ3n) is 3.74. The predicted molar refractivity (Wildman–Crippen MR) is 68.1 cm³/mol. The summed E-state index contributed by atoms with van der Waals surface area (Å²) in [6.07, 6.45) is 5.34. The molecule has 0 aliphatic heterocycles. The van der Waals surface area contributed by atoms with Crippen LogP contribution < -0.4 is 0 Å². The van der Waals surface area contributed by atoms with Crippen LogP contribution in [-0.4, -0.2) is 24.8 Å². The minimum Gasteiger partial charge on any atom is -0.229 e. The van der Waals surface area contributed by atoms with Gasteiger partial charge in [0.2, 0.25) is 0 Å². The fourth-order valence-electron chi connectivity index (χ4n) is 2.42. The lowest BCUT2D eigenvalue weighted by atomic mass is 9.79. The molecule has 2 nitrogen and oxygen atoms in total. The summed E-state index contributed by atoms with van der Waals surface area (Å²) in [6.45, 7) is 4.36. The van der Waals surface area contributed by atoms with E-state index in [-0.39, 0.29) is 5.25 Å². The maximum absolute atomic E-state index is 11.5. The van der Waals surface area contributed by atoms with Crippen molar-refractivity contribution in [1.29, 1.82) is 0 Å². The highest BCUT2D eigenvalue weighted by atomic mass is 79.9. The van der Waals surface area contributed by atoms with Crippen molar-refractivity contribution < 1.29 is 8.42 Å². The Bertz CT molecular complexity index is 298. The van der Waals surface area contributed by atoms with E-state index in [2.05, 4.69) is 29.8 Å². The maximum atomic E-state index is 11.5. The molecule has 0 spiro atoms. The van der Waals surface area contributed by atoms with Gasteiger partial charge < -0.3 is 0 Å². The molecule has 0 bridgehead atoms. The summed E-state index contributed by atoms with van der Waals surface area (Å²) in [5, 5.41) is -0.0926. The molecule has 1 saturated carbocycles. The fraction of sp³-hybridized carbons (Fsp3) is 1.00. The van der Waals surface area contributed by atoms with Crippen molar-refractivity contribution in [3.8, 4) is 0 Å². The Balaban J connectivity index is 2.64. The molecular formula is C11H21BrO2S. The van der Waals surface area contributed by atoms with E-state index in [1.807, 2.05) is 0 Å². The van der Waals surface area contributed by atoms with Gasteiger partial charge in [0, 0.05) is 11.1 Å². The van der Waals surface area contributed by atoms with E-state index in [1.165, 1.54) is 12.7 Å². The molecule has 4 unspecified atom stereocenters. The second-order valence-electron chi connectivity index (χ2n) is 4.91. The van der Waals surface area contributed by atoms with Crippen LogP contribution in [0.1, 0.15) is 39.5 Å². The minimum absolute atomic E-state index is 0.0926. The highest BCUT2D eigenvalue weighted by molar-refractivity contribution is 9.09. The molecule has 0 amide bonds. The highest BCUT2D eigenvalue weighted by Crippen LogP contribution is 2.36. The fourth-order valence-corrected chi connectivity index (χ4v) is 4.05. The van der Waals surface area contributed by atoms with E-state index in [1.54, 1.807) is 0 Å². The zero-order valence-electron chi connectivity index (χ0n) is 9.74. The number of rotatable bonds is 3. The van der Waals surface area contributed by atoms with Crippen LogP contribution in [0.5, 0.6) is 0 Å². The normalized spacial score (nSPS) is 32.3. The van der Waals surface area contributed by atoms with Crippen molar-refractivity contribution in [2.24, 2.45) is 11.8 Å². The lowest BCUT2D eigenvalue weighted by Crippen LogP contribution is -2.32. The van der Waals surface area contributed by atoms with Crippen LogP contribution in [0, 0.1) is 11.8 Å². The first-order valence-electron chi connectivity index (χ1n) is 5.65. The van der Waals surface area contributed by atoms with E-state index in [0.29, 0.717) is 16.7 Å². The molecule has 0 aromatic heterocycles. The summed E-state index contributed by atoms with van der Waals surface area (Å²) < 4.78 is 23.0. The molecule has 0 aromatic rings. The van der Waals surface area contributed by atoms with Crippen LogP contribution in [-0.2, 0) is 9.84 Å². The van der Waals surface area contributed by atoms with Crippen LogP contribution >= 0.6 is 15.9 Å². The van der Waals surface area contributed by atoms with Gasteiger partial charge in [-0.2, -0.15) is 0 Å². The van der Waals surface area contributed by atoms with Crippen LogP contribution in [0.2, 0.25) is 0 Å². The lowest BCUT2D eigenvalue weighted by Gasteiger charge is -2.33. The van der Waals surface area contributed by atoms with Crippen LogP contribution in [0.4, 0.5) is 0 Å². The second-order valence-corrected chi connectivity index (χ2v) is 8.68. The predicted octanol–water partition coefficient (Wildman–Crippen LogP) is 3.01. The molecule has 0 saturated heterocycles. The van der Waals surface area contributed by atoms with Crippen molar-refractivity contribution >= 4 is 25.8 Å². The summed E-state index contributed by atoms with van der Waals surface area (Å²) in [5.41, 5.74) is 0. The SMILES string of the molecule is CC(Br)C(C)C1CCCC(S(C)(=O)=O)C1. The average molecular weight is 297 g/mol. The zero-order chi connectivity index (χ0) is 11.6. The molecule has 4 heteroatoms. The molecule has 1 rings (SSSR count). The van der Waals surface area contributed by atoms with Crippen LogP contribution in [0.3, 0.4) is 0 Å². The third-order valence-corrected chi connectivity index (χ3v) is 6.21. The van der Waals surface area contributed by atoms with Crippen molar-refractivity contribution in [1.82, 2.24) is 0 Å². The van der Waals surface area contributed by atoms with E-state index < -0.39 is 9.84 Å². The smallest absolute Gasteiger partial charge is 0.150 e. The van der Waals surface area contributed by atoms with Gasteiger partial charge in [0.15, 0.2) is 0 Å². The number of sulfone groups is 1. The average Bonchev–Trinajstić information content (AvgIpc) is 2.15. The Hall–Kier alpha value is 0.430. The van der Waals surface area contributed by atoms with E-state index in [9.17, 15) is 8.42 Å². The molecule has 0 N–H and O–H groups in total. The van der Waals surface area contributed by atoms with Gasteiger partial charge in [-0.1, -0.05) is 42.6 Å². The monoisotopic (exact) mass is 296 g/mol. The van der Waals surface area contributed by atoms with Crippen LogP contribution in [0.25, 0.3) is 0 Å². The molecule has 15 heavy (non-hydrogen) atoms. The summed E-state index contributed by atoms with van der Waals surface area (Å²) in [5.74, 6) is 1.13. The molecule has 1 fully saturated rings. The molecular weight excluding hydrogens is 276 g/mol. The first-order valence-corrected chi connectivity index (χ1v) is 8.52. The first-order chi connectivity index (χ1) is 6.82.